The zero-order valence-corrected chi connectivity index (χ0v) is 12.6. The van der Waals surface area contributed by atoms with Gasteiger partial charge in [-0.2, -0.15) is 0 Å². The number of methoxy groups -OCH3 is 1. The third-order valence-corrected chi connectivity index (χ3v) is 4.73. The molecule has 0 saturated carbocycles. The van der Waals surface area contributed by atoms with Gasteiger partial charge in [0.15, 0.2) is 0 Å². The first-order valence-corrected chi connectivity index (χ1v) is 7.81. The Kier molecular flexibility index (Phi) is 4.67. The van der Waals surface area contributed by atoms with Crippen LogP contribution in [-0.2, 0) is 14.8 Å². The van der Waals surface area contributed by atoms with Crippen LogP contribution in [0.5, 0.6) is 5.75 Å². The lowest BCUT2D eigenvalue weighted by Crippen LogP contribution is -2.41. The van der Waals surface area contributed by atoms with E-state index in [0.29, 0.717) is 0 Å². The quantitative estimate of drug-likeness (QED) is 0.779. The maximum Gasteiger partial charge on any atom is 0.264 e. The highest BCUT2D eigenvalue weighted by Crippen LogP contribution is 2.31. The van der Waals surface area contributed by atoms with Gasteiger partial charge < -0.3 is 14.6 Å². The molecule has 0 aliphatic heterocycles. The molecule has 0 aromatic heterocycles. The van der Waals surface area contributed by atoms with Crippen molar-refractivity contribution in [2.45, 2.75) is 4.90 Å². The molecule has 22 heavy (non-hydrogen) atoms. The van der Waals surface area contributed by atoms with Gasteiger partial charge in [-0.3, -0.25) is 4.31 Å². The van der Waals surface area contributed by atoms with Crippen LogP contribution in [0.3, 0.4) is 0 Å². The number of rotatable bonds is 6. The second-order valence-corrected chi connectivity index (χ2v) is 6.23. The number of carboxylic acids is 1. The molecule has 0 fully saturated rings. The van der Waals surface area contributed by atoms with Crippen molar-refractivity contribution in [2.24, 2.45) is 0 Å². The van der Waals surface area contributed by atoms with Crippen LogP contribution < -0.4 is 14.1 Å². The van der Waals surface area contributed by atoms with Crippen molar-refractivity contribution in [2.75, 3.05) is 18.0 Å². The number of hydrogen-bond donors (Lipinski definition) is 0. The molecule has 0 aliphatic rings. The Balaban J connectivity index is 2.58. The van der Waals surface area contributed by atoms with Crippen LogP contribution in [0.2, 0.25) is 0 Å². The summed E-state index contributed by atoms with van der Waals surface area (Å²) in [6.07, 6.45) is 0. The van der Waals surface area contributed by atoms with Crippen molar-refractivity contribution in [1.82, 2.24) is 0 Å². The molecular weight excluding hydrogens is 306 g/mol. The molecule has 0 N–H and O–H groups in total. The highest BCUT2D eigenvalue weighted by atomic mass is 32.2. The van der Waals surface area contributed by atoms with Crippen molar-refractivity contribution < 1.29 is 23.1 Å². The maximum atomic E-state index is 12.7. The molecule has 6 nitrogen and oxygen atoms in total. The number of benzene rings is 2. The van der Waals surface area contributed by atoms with E-state index in [1.807, 2.05) is 0 Å². The first-order chi connectivity index (χ1) is 10.5. The van der Waals surface area contributed by atoms with Gasteiger partial charge in [-0.05, 0) is 24.3 Å². The first kappa shape index (κ1) is 15.8. The largest absolute Gasteiger partial charge is 0.548 e. The number of para-hydroxylation sites is 2. The summed E-state index contributed by atoms with van der Waals surface area (Å²) in [6.45, 7) is -0.808. The number of carbonyl (C=O) groups excluding carboxylic acids is 1. The lowest BCUT2D eigenvalue weighted by molar-refractivity contribution is -0.303. The van der Waals surface area contributed by atoms with Crippen LogP contribution in [0.15, 0.2) is 59.5 Å². The highest BCUT2D eigenvalue weighted by Gasteiger charge is 2.27. The fraction of sp³-hybridized carbons (Fsp3) is 0.133. The summed E-state index contributed by atoms with van der Waals surface area (Å²) < 4.78 is 31.3. The van der Waals surface area contributed by atoms with Gasteiger partial charge >= 0.3 is 0 Å². The summed E-state index contributed by atoms with van der Waals surface area (Å²) in [5.41, 5.74) is 0.137. The van der Waals surface area contributed by atoms with Crippen LogP contribution in [-0.4, -0.2) is 28.0 Å². The van der Waals surface area contributed by atoms with E-state index in [0.717, 1.165) is 4.31 Å². The number of anilines is 1. The van der Waals surface area contributed by atoms with E-state index < -0.39 is 22.5 Å². The zero-order chi connectivity index (χ0) is 16.2. The number of carboxylic acid groups (broad SMARTS) is 1. The Hall–Kier alpha value is -2.54. The van der Waals surface area contributed by atoms with Gasteiger partial charge in [0, 0.05) is 0 Å². The van der Waals surface area contributed by atoms with Crippen molar-refractivity contribution in [3.05, 3.63) is 54.6 Å². The average molecular weight is 320 g/mol. The van der Waals surface area contributed by atoms with Crippen LogP contribution >= 0.6 is 0 Å². The Morgan fingerprint density at radius 3 is 2.27 bits per heavy atom. The summed E-state index contributed by atoms with van der Waals surface area (Å²) in [4.78, 5) is 11.0. The fourth-order valence-electron chi connectivity index (χ4n) is 1.97. The zero-order valence-electron chi connectivity index (χ0n) is 11.8. The second kappa shape index (κ2) is 6.48. The fourth-order valence-corrected chi connectivity index (χ4v) is 3.41. The van der Waals surface area contributed by atoms with Crippen LogP contribution in [0.25, 0.3) is 0 Å². The lowest BCUT2D eigenvalue weighted by Gasteiger charge is -2.26. The predicted octanol–water partition coefficient (Wildman–Crippen LogP) is 0.640. The smallest absolute Gasteiger partial charge is 0.264 e. The number of nitrogens with zero attached hydrogens (tertiary/aromatic N) is 1. The molecule has 116 valence electrons. The van der Waals surface area contributed by atoms with E-state index in [1.165, 1.54) is 25.3 Å². The van der Waals surface area contributed by atoms with Gasteiger partial charge in [-0.15, -0.1) is 0 Å². The van der Waals surface area contributed by atoms with Gasteiger partial charge in [-0.25, -0.2) is 8.42 Å². The maximum absolute atomic E-state index is 12.7. The predicted molar refractivity (Wildman–Crippen MR) is 79.0 cm³/mol. The van der Waals surface area contributed by atoms with Gasteiger partial charge in [0.1, 0.15) is 5.75 Å². The molecule has 0 spiro atoms. The van der Waals surface area contributed by atoms with Gasteiger partial charge in [-0.1, -0.05) is 30.3 Å². The molecular formula is C15H14NO5S-. The SMILES string of the molecule is COc1ccccc1N(CC(=O)[O-])S(=O)(=O)c1ccccc1. The van der Waals surface area contributed by atoms with Gasteiger partial charge in [0.05, 0.1) is 30.2 Å². The van der Waals surface area contributed by atoms with E-state index in [1.54, 1.807) is 36.4 Å². The van der Waals surface area contributed by atoms with E-state index in [-0.39, 0.29) is 16.3 Å². The monoisotopic (exact) mass is 320 g/mol. The number of ether oxygens (including phenoxy) is 1. The molecule has 0 atom stereocenters. The number of carbonyl (C=O) groups is 1. The molecule has 0 unspecified atom stereocenters. The number of aliphatic carboxylic acids is 1. The van der Waals surface area contributed by atoms with E-state index in [9.17, 15) is 18.3 Å². The van der Waals surface area contributed by atoms with Gasteiger partial charge in [0.2, 0.25) is 0 Å². The minimum absolute atomic E-state index is 0.0119. The second-order valence-electron chi connectivity index (χ2n) is 4.37. The minimum atomic E-state index is -4.05. The third kappa shape index (κ3) is 3.20. The van der Waals surface area contributed by atoms with E-state index >= 15 is 0 Å². The molecule has 0 heterocycles. The van der Waals surface area contributed by atoms with Crippen molar-refractivity contribution in [3.8, 4) is 5.75 Å². The Bertz CT molecular complexity index is 759. The summed E-state index contributed by atoms with van der Waals surface area (Å²) in [6, 6.07) is 13.9. The van der Waals surface area contributed by atoms with Crippen molar-refractivity contribution in [3.63, 3.8) is 0 Å². The molecule has 0 radical (unpaired) electrons. The van der Waals surface area contributed by atoms with E-state index in [4.69, 9.17) is 4.74 Å². The molecule has 0 saturated heterocycles. The lowest BCUT2D eigenvalue weighted by atomic mass is 10.3. The minimum Gasteiger partial charge on any atom is -0.548 e. The third-order valence-electron chi connectivity index (χ3n) is 2.96. The first-order valence-electron chi connectivity index (χ1n) is 6.37. The van der Waals surface area contributed by atoms with Crippen molar-refractivity contribution in [1.29, 1.82) is 0 Å². The Labute approximate surface area is 128 Å². The van der Waals surface area contributed by atoms with Crippen LogP contribution in [0.4, 0.5) is 5.69 Å². The highest BCUT2D eigenvalue weighted by molar-refractivity contribution is 7.92. The number of sulfonamides is 1. The van der Waals surface area contributed by atoms with Gasteiger partial charge in [0.25, 0.3) is 10.0 Å². The summed E-state index contributed by atoms with van der Waals surface area (Å²) in [5.74, 6) is -1.26. The molecule has 2 aromatic rings. The molecule has 0 amide bonds. The molecule has 0 aliphatic carbocycles. The standard InChI is InChI=1S/C15H15NO5S/c1-21-14-10-6-5-9-13(14)16(11-15(17)18)22(19,20)12-7-3-2-4-8-12/h2-10H,11H2,1H3,(H,17,18)/p-1. The normalized spacial score (nSPS) is 11.0. The summed E-state index contributed by atoms with van der Waals surface area (Å²) in [7, 11) is -2.67. The Morgan fingerprint density at radius 2 is 1.68 bits per heavy atom. The summed E-state index contributed by atoms with van der Waals surface area (Å²) in [5, 5.41) is 11.0. The molecule has 0 bridgehead atoms. The molecule has 7 heteroatoms. The molecule has 2 rings (SSSR count). The summed E-state index contributed by atoms with van der Waals surface area (Å²) >= 11 is 0. The van der Waals surface area contributed by atoms with Crippen LogP contribution in [0, 0.1) is 0 Å². The van der Waals surface area contributed by atoms with Crippen LogP contribution in [0.1, 0.15) is 0 Å². The molecule has 2 aromatic carbocycles. The Morgan fingerprint density at radius 1 is 1.09 bits per heavy atom. The number of hydrogen-bond acceptors (Lipinski definition) is 5. The average Bonchev–Trinajstić information content (AvgIpc) is 2.53. The van der Waals surface area contributed by atoms with E-state index in [2.05, 4.69) is 0 Å². The topological polar surface area (TPSA) is 86.7 Å². The van der Waals surface area contributed by atoms with Crippen molar-refractivity contribution >= 4 is 21.7 Å².